The van der Waals surface area contributed by atoms with Crippen molar-refractivity contribution in [2.75, 3.05) is 6.54 Å². The molecule has 4 heteroatoms. The Bertz CT molecular complexity index is 453. The number of amides is 1. The van der Waals surface area contributed by atoms with E-state index in [1.807, 2.05) is 0 Å². The molecule has 1 aliphatic heterocycles. The minimum absolute atomic E-state index is 0.0134. The summed E-state index contributed by atoms with van der Waals surface area (Å²) < 4.78 is 0. The summed E-state index contributed by atoms with van der Waals surface area (Å²) in [6, 6.07) is 4.21. The van der Waals surface area contributed by atoms with Crippen molar-refractivity contribution in [1.29, 1.82) is 0 Å². The fourth-order valence-electron chi connectivity index (χ4n) is 2.81. The molecule has 0 bridgehead atoms. The topological polar surface area (TPSA) is 32.3 Å². The maximum Gasteiger partial charge on any atom is 0.241 e. The Labute approximate surface area is 119 Å². The van der Waals surface area contributed by atoms with Gasteiger partial charge in [-0.05, 0) is 36.1 Å². The van der Waals surface area contributed by atoms with Crippen LogP contribution in [0.15, 0.2) is 17.5 Å². The van der Waals surface area contributed by atoms with E-state index in [4.69, 9.17) is 0 Å². The van der Waals surface area contributed by atoms with Crippen LogP contribution < -0.4 is 5.32 Å². The second-order valence-electron chi connectivity index (χ2n) is 6.20. The Morgan fingerprint density at radius 2 is 2.32 bits per heavy atom. The van der Waals surface area contributed by atoms with Crippen LogP contribution in [0.2, 0.25) is 0 Å². The monoisotopic (exact) mass is 278 g/mol. The highest BCUT2D eigenvalue weighted by Crippen LogP contribution is 2.47. The molecule has 0 spiro atoms. The van der Waals surface area contributed by atoms with Crippen molar-refractivity contribution in [2.45, 2.75) is 51.7 Å². The lowest BCUT2D eigenvalue weighted by atomic mass is 10.1. The first-order valence-corrected chi connectivity index (χ1v) is 8.11. The summed E-state index contributed by atoms with van der Waals surface area (Å²) in [6.07, 6.45) is 4.60. The van der Waals surface area contributed by atoms with E-state index < -0.39 is 0 Å². The average Bonchev–Trinajstić information content (AvgIpc) is 2.80. The Balaban J connectivity index is 1.81. The molecule has 0 radical (unpaired) electrons. The number of hydrogen-bond acceptors (Lipinski definition) is 3. The number of carbonyl (C=O) groups excluding carboxylic acids is 1. The minimum Gasteiger partial charge on any atom is -0.320 e. The number of carbonyl (C=O) groups is 1. The average molecular weight is 278 g/mol. The normalized spacial score (nSPS) is 28.9. The molecule has 2 fully saturated rings. The molecule has 0 aromatic carbocycles. The van der Waals surface area contributed by atoms with E-state index in [1.54, 1.807) is 11.3 Å². The van der Waals surface area contributed by atoms with E-state index in [-0.39, 0.29) is 12.2 Å². The fraction of sp³-hybridized carbons (Fsp3) is 0.667. The van der Waals surface area contributed by atoms with Crippen LogP contribution in [0.25, 0.3) is 0 Å². The third kappa shape index (κ3) is 2.56. The van der Waals surface area contributed by atoms with Gasteiger partial charge >= 0.3 is 0 Å². The molecule has 1 aromatic heterocycles. The lowest BCUT2D eigenvalue weighted by Crippen LogP contribution is -2.35. The molecule has 3 rings (SSSR count). The van der Waals surface area contributed by atoms with Crippen LogP contribution >= 0.6 is 11.3 Å². The Hall–Kier alpha value is -0.870. The molecule has 104 valence electrons. The highest BCUT2D eigenvalue weighted by Gasteiger charge is 2.46. The molecular weight excluding hydrogens is 256 g/mol. The zero-order valence-corrected chi connectivity index (χ0v) is 12.5. The highest BCUT2D eigenvalue weighted by molar-refractivity contribution is 7.10. The molecule has 2 unspecified atom stereocenters. The van der Waals surface area contributed by atoms with Gasteiger partial charge in [0.05, 0.1) is 6.04 Å². The van der Waals surface area contributed by atoms with Crippen molar-refractivity contribution in [3.8, 4) is 0 Å². The SMILES string of the molecule is CCCC1NC(c2cccs2)N(CC2(C)CC2)C1=O. The Kier molecular flexibility index (Phi) is 3.39. The molecule has 1 aliphatic carbocycles. The van der Waals surface area contributed by atoms with Crippen LogP contribution in [0.3, 0.4) is 0 Å². The van der Waals surface area contributed by atoms with Gasteiger partial charge < -0.3 is 4.90 Å². The van der Waals surface area contributed by atoms with Crippen molar-refractivity contribution < 1.29 is 4.79 Å². The van der Waals surface area contributed by atoms with Gasteiger partial charge in [0.2, 0.25) is 5.91 Å². The van der Waals surface area contributed by atoms with Crippen LogP contribution in [0.5, 0.6) is 0 Å². The van der Waals surface area contributed by atoms with E-state index in [0.717, 1.165) is 19.4 Å². The third-order valence-corrected chi connectivity index (χ3v) is 5.22. The number of nitrogens with zero attached hydrogens (tertiary/aromatic N) is 1. The largest absolute Gasteiger partial charge is 0.320 e. The maximum absolute atomic E-state index is 12.6. The van der Waals surface area contributed by atoms with E-state index in [2.05, 4.69) is 41.6 Å². The summed E-state index contributed by atoms with van der Waals surface area (Å²) in [7, 11) is 0. The summed E-state index contributed by atoms with van der Waals surface area (Å²) in [5.41, 5.74) is 0.369. The number of hydrogen-bond donors (Lipinski definition) is 1. The molecule has 19 heavy (non-hydrogen) atoms. The second kappa shape index (κ2) is 4.91. The second-order valence-corrected chi connectivity index (χ2v) is 7.18. The summed E-state index contributed by atoms with van der Waals surface area (Å²) in [4.78, 5) is 15.9. The van der Waals surface area contributed by atoms with Crippen LogP contribution in [0, 0.1) is 5.41 Å². The molecular formula is C15H22N2OS. The Morgan fingerprint density at radius 1 is 1.53 bits per heavy atom. The lowest BCUT2D eigenvalue weighted by molar-refractivity contribution is -0.131. The van der Waals surface area contributed by atoms with E-state index in [1.165, 1.54) is 17.7 Å². The van der Waals surface area contributed by atoms with Crippen molar-refractivity contribution in [3.05, 3.63) is 22.4 Å². The molecule has 2 atom stereocenters. The van der Waals surface area contributed by atoms with Gasteiger partial charge in [-0.15, -0.1) is 11.3 Å². The standard InChI is InChI=1S/C15H22N2OS/c1-3-5-11-14(18)17(10-15(2)7-8-15)13(16-11)12-6-4-9-19-12/h4,6,9,11,13,16H,3,5,7-8,10H2,1-2H3. The van der Waals surface area contributed by atoms with Crippen molar-refractivity contribution in [2.24, 2.45) is 5.41 Å². The van der Waals surface area contributed by atoms with Gasteiger partial charge in [-0.1, -0.05) is 26.3 Å². The van der Waals surface area contributed by atoms with E-state index in [9.17, 15) is 4.79 Å². The molecule has 2 heterocycles. The van der Waals surface area contributed by atoms with Gasteiger partial charge in [0.15, 0.2) is 0 Å². The van der Waals surface area contributed by atoms with Crippen LogP contribution in [0.4, 0.5) is 0 Å². The van der Waals surface area contributed by atoms with Gasteiger partial charge in [0.1, 0.15) is 6.17 Å². The Morgan fingerprint density at radius 3 is 2.89 bits per heavy atom. The molecule has 1 saturated heterocycles. The maximum atomic E-state index is 12.6. The first-order chi connectivity index (χ1) is 9.13. The van der Waals surface area contributed by atoms with Gasteiger partial charge in [-0.2, -0.15) is 0 Å². The molecule has 3 nitrogen and oxygen atoms in total. The molecule has 2 aliphatic rings. The predicted octanol–water partition coefficient (Wildman–Crippen LogP) is 3.15. The van der Waals surface area contributed by atoms with Gasteiger partial charge in [-0.25, -0.2) is 0 Å². The zero-order valence-electron chi connectivity index (χ0n) is 11.7. The summed E-state index contributed by atoms with van der Waals surface area (Å²) >= 11 is 1.74. The van der Waals surface area contributed by atoms with Crippen molar-refractivity contribution in [1.82, 2.24) is 10.2 Å². The predicted molar refractivity (Wildman–Crippen MR) is 77.9 cm³/mol. The third-order valence-electron chi connectivity index (χ3n) is 4.30. The molecule has 1 aromatic rings. The van der Waals surface area contributed by atoms with Crippen LogP contribution in [-0.2, 0) is 4.79 Å². The van der Waals surface area contributed by atoms with Gasteiger partial charge in [0, 0.05) is 11.4 Å². The fourth-order valence-corrected chi connectivity index (χ4v) is 3.60. The van der Waals surface area contributed by atoms with Gasteiger partial charge in [0.25, 0.3) is 0 Å². The number of thiophene rings is 1. The lowest BCUT2D eigenvalue weighted by Gasteiger charge is -2.26. The van der Waals surface area contributed by atoms with Crippen LogP contribution in [-0.4, -0.2) is 23.4 Å². The first-order valence-electron chi connectivity index (χ1n) is 7.23. The van der Waals surface area contributed by atoms with Crippen molar-refractivity contribution >= 4 is 17.2 Å². The van der Waals surface area contributed by atoms with Gasteiger partial charge in [-0.3, -0.25) is 10.1 Å². The number of nitrogens with one attached hydrogen (secondary N) is 1. The summed E-state index contributed by atoms with van der Waals surface area (Å²) in [5, 5.41) is 5.62. The summed E-state index contributed by atoms with van der Waals surface area (Å²) in [6.45, 7) is 5.33. The smallest absolute Gasteiger partial charge is 0.241 e. The van der Waals surface area contributed by atoms with Crippen LogP contribution in [0.1, 0.15) is 50.6 Å². The molecule has 1 N–H and O–H groups in total. The highest BCUT2D eigenvalue weighted by atomic mass is 32.1. The summed E-state index contributed by atoms with van der Waals surface area (Å²) in [5.74, 6) is 0.299. The molecule has 1 amide bonds. The first kappa shape index (κ1) is 13.1. The quantitative estimate of drug-likeness (QED) is 0.897. The van der Waals surface area contributed by atoms with Crippen molar-refractivity contribution in [3.63, 3.8) is 0 Å². The van der Waals surface area contributed by atoms with E-state index in [0.29, 0.717) is 11.3 Å². The molecule has 1 saturated carbocycles. The minimum atomic E-state index is 0.0134. The number of rotatable bonds is 5. The zero-order chi connectivity index (χ0) is 13.5. The van der Waals surface area contributed by atoms with E-state index >= 15 is 0 Å².